The second-order valence-corrected chi connectivity index (χ2v) is 6.24. The minimum atomic E-state index is 0.427. The first-order valence-corrected chi connectivity index (χ1v) is 8.28. The molecule has 0 bridgehead atoms. The van der Waals surface area contributed by atoms with E-state index in [1.54, 1.807) is 0 Å². The summed E-state index contributed by atoms with van der Waals surface area (Å²) in [5.41, 5.74) is 1.80. The van der Waals surface area contributed by atoms with E-state index in [0.29, 0.717) is 24.6 Å². The minimum absolute atomic E-state index is 0.427. The van der Waals surface area contributed by atoms with Gasteiger partial charge in [0.05, 0.1) is 11.0 Å². The molecule has 2 heterocycles. The minimum Gasteiger partial charge on any atom is -0.473 e. The Morgan fingerprint density at radius 1 is 1.09 bits per heavy atom. The van der Waals surface area contributed by atoms with Crippen molar-refractivity contribution in [2.24, 2.45) is 0 Å². The van der Waals surface area contributed by atoms with Crippen LogP contribution in [0.1, 0.15) is 32.1 Å². The van der Waals surface area contributed by atoms with Crippen LogP contribution < -0.4 is 15.4 Å². The summed E-state index contributed by atoms with van der Waals surface area (Å²) in [6.07, 6.45) is 6.13. The maximum Gasteiger partial charge on any atom is 0.258 e. The monoisotopic (exact) mass is 298 g/mol. The normalized spacial score (nSPS) is 21.7. The Morgan fingerprint density at radius 3 is 2.64 bits per heavy atom. The predicted octanol–water partition coefficient (Wildman–Crippen LogP) is 2.73. The summed E-state index contributed by atoms with van der Waals surface area (Å²) in [4.78, 5) is 9.37. The van der Waals surface area contributed by atoms with E-state index in [1.165, 1.54) is 32.1 Å². The van der Waals surface area contributed by atoms with E-state index in [-0.39, 0.29) is 0 Å². The second kappa shape index (κ2) is 6.08. The number of hydrogen-bond donors (Lipinski definition) is 2. The molecule has 22 heavy (non-hydrogen) atoms. The van der Waals surface area contributed by atoms with Gasteiger partial charge in [0.1, 0.15) is 6.61 Å². The number of hydrogen-bond acceptors (Lipinski definition) is 5. The molecule has 1 unspecified atom stereocenters. The quantitative estimate of drug-likeness (QED) is 0.889. The van der Waals surface area contributed by atoms with Gasteiger partial charge >= 0.3 is 0 Å². The Bertz CT molecular complexity index is 650. The highest BCUT2D eigenvalue weighted by molar-refractivity contribution is 5.77. The van der Waals surface area contributed by atoms with Crippen molar-refractivity contribution in [3.8, 4) is 5.88 Å². The number of para-hydroxylation sites is 2. The molecule has 2 fully saturated rings. The molecule has 2 aliphatic rings. The average molecular weight is 298 g/mol. The molecule has 0 amide bonds. The van der Waals surface area contributed by atoms with Crippen molar-refractivity contribution >= 4 is 16.9 Å². The Balaban J connectivity index is 1.55. The van der Waals surface area contributed by atoms with Crippen LogP contribution in [0.15, 0.2) is 24.3 Å². The lowest BCUT2D eigenvalue weighted by Gasteiger charge is -2.23. The van der Waals surface area contributed by atoms with Gasteiger partial charge in [-0.1, -0.05) is 18.6 Å². The van der Waals surface area contributed by atoms with Crippen molar-refractivity contribution < 1.29 is 4.74 Å². The first kappa shape index (κ1) is 13.8. The van der Waals surface area contributed by atoms with Crippen LogP contribution in [-0.4, -0.2) is 35.2 Å². The largest absolute Gasteiger partial charge is 0.473 e. The van der Waals surface area contributed by atoms with Crippen LogP contribution in [0.25, 0.3) is 11.0 Å². The molecule has 1 aliphatic heterocycles. The van der Waals surface area contributed by atoms with Crippen molar-refractivity contribution in [2.75, 3.05) is 18.5 Å². The number of fused-ring (bicyclic) bond motifs is 1. The molecule has 2 aromatic rings. The summed E-state index contributed by atoms with van der Waals surface area (Å²) >= 11 is 0. The zero-order valence-corrected chi connectivity index (χ0v) is 12.7. The molecule has 116 valence electrons. The Hall–Kier alpha value is -1.88. The number of benzene rings is 1. The summed E-state index contributed by atoms with van der Waals surface area (Å²) in [7, 11) is 0. The smallest absolute Gasteiger partial charge is 0.258 e. The van der Waals surface area contributed by atoms with Gasteiger partial charge in [-0.3, -0.25) is 0 Å². The lowest BCUT2D eigenvalue weighted by Crippen LogP contribution is -2.38. The van der Waals surface area contributed by atoms with Gasteiger partial charge in [-0.05, 0) is 44.4 Å². The molecular formula is C17H22N4O. The molecule has 1 aromatic carbocycles. The first-order chi connectivity index (χ1) is 10.9. The third-order valence-electron chi connectivity index (χ3n) is 4.29. The van der Waals surface area contributed by atoms with Crippen LogP contribution in [0.5, 0.6) is 5.88 Å². The molecule has 1 aromatic heterocycles. The molecule has 0 radical (unpaired) electrons. The molecule has 1 aliphatic carbocycles. The fourth-order valence-corrected chi connectivity index (χ4v) is 2.85. The summed E-state index contributed by atoms with van der Waals surface area (Å²) in [5.74, 6) is 1.43. The molecule has 4 rings (SSSR count). The number of nitrogens with one attached hydrogen (secondary N) is 2. The van der Waals surface area contributed by atoms with Crippen LogP contribution in [0, 0.1) is 0 Å². The van der Waals surface area contributed by atoms with E-state index >= 15 is 0 Å². The molecule has 0 spiro atoms. The molecule has 5 heteroatoms. The molecular weight excluding hydrogens is 276 g/mol. The van der Waals surface area contributed by atoms with Gasteiger partial charge in [-0.15, -0.1) is 0 Å². The predicted molar refractivity (Wildman–Crippen MR) is 87.3 cm³/mol. The van der Waals surface area contributed by atoms with E-state index in [2.05, 4.69) is 15.6 Å². The highest BCUT2D eigenvalue weighted by atomic mass is 16.5. The van der Waals surface area contributed by atoms with E-state index in [4.69, 9.17) is 9.72 Å². The van der Waals surface area contributed by atoms with Crippen LogP contribution in [0.3, 0.4) is 0 Å². The summed E-state index contributed by atoms with van der Waals surface area (Å²) in [6.45, 7) is 1.75. The first-order valence-electron chi connectivity index (χ1n) is 8.28. The lowest BCUT2D eigenvalue weighted by molar-refractivity contribution is 0.233. The van der Waals surface area contributed by atoms with Crippen LogP contribution in [0.4, 0.5) is 5.82 Å². The number of piperidine rings is 1. The third-order valence-corrected chi connectivity index (χ3v) is 4.29. The zero-order chi connectivity index (χ0) is 14.8. The second-order valence-electron chi connectivity index (χ2n) is 6.24. The van der Waals surface area contributed by atoms with Crippen molar-refractivity contribution in [3.63, 3.8) is 0 Å². The molecule has 1 saturated heterocycles. The van der Waals surface area contributed by atoms with E-state index in [1.807, 2.05) is 24.3 Å². The van der Waals surface area contributed by atoms with Gasteiger partial charge in [-0.25, -0.2) is 9.97 Å². The van der Waals surface area contributed by atoms with E-state index in [9.17, 15) is 0 Å². The van der Waals surface area contributed by atoms with Crippen LogP contribution in [-0.2, 0) is 0 Å². The highest BCUT2D eigenvalue weighted by Gasteiger charge is 2.24. The van der Waals surface area contributed by atoms with Gasteiger partial charge in [0.15, 0.2) is 5.82 Å². The maximum atomic E-state index is 6.01. The molecule has 5 nitrogen and oxygen atoms in total. The molecule has 1 saturated carbocycles. The van der Waals surface area contributed by atoms with E-state index < -0.39 is 0 Å². The number of rotatable bonds is 5. The van der Waals surface area contributed by atoms with Crippen molar-refractivity contribution in [1.29, 1.82) is 0 Å². The Morgan fingerprint density at radius 2 is 1.91 bits per heavy atom. The van der Waals surface area contributed by atoms with Gasteiger partial charge < -0.3 is 15.4 Å². The SMILES string of the molecule is c1ccc2nc(OCC3CCCCN3)c(NC3CC3)nc2c1. The average Bonchev–Trinajstić information content (AvgIpc) is 3.38. The van der Waals surface area contributed by atoms with Gasteiger partial charge in [0.25, 0.3) is 5.88 Å². The lowest BCUT2D eigenvalue weighted by atomic mass is 10.1. The van der Waals surface area contributed by atoms with Crippen LogP contribution >= 0.6 is 0 Å². The standard InChI is InChI=1S/C17H22N4O/c1-2-7-15-14(6-1)20-16(19-12-8-9-12)17(21-15)22-11-13-5-3-4-10-18-13/h1-2,6-7,12-13,18H,3-5,8-11H2,(H,19,20). The van der Waals surface area contributed by atoms with Crippen molar-refractivity contribution in [3.05, 3.63) is 24.3 Å². The Kier molecular flexibility index (Phi) is 3.81. The number of nitrogens with zero attached hydrogens (tertiary/aromatic N) is 2. The number of anilines is 1. The summed E-state index contributed by atoms with van der Waals surface area (Å²) in [6, 6.07) is 8.91. The van der Waals surface area contributed by atoms with Crippen molar-refractivity contribution in [2.45, 2.75) is 44.2 Å². The number of ether oxygens (including phenoxy) is 1. The van der Waals surface area contributed by atoms with Gasteiger partial charge in [0.2, 0.25) is 0 Å². The zero-order valence-electron chi connectivity index (χ0n) is 12.7. The third kappa shape index (κ3) is 3.14. The fourth-order valence-electron chi connectivity index (χ4n) is 2.85. The summed E-state index contributed by atoms with van der Waals surface area (Å²) < 4.78 is 6.01. The number of aromatic nitrogens is 2. The van der Waals surface area contributed by atoms with Crippen LogP contribution in [0.2, 0.25) is 0 Å². The van der Waals surface area contributed by atoms with Gasteiger partial charge in [-0.2, -0.15) is 0 Å². The maximum absolute atomic E-state index is 6.01. The molecule has 1 atom stereocenters. The van der Waals surface area contributed by atoms with Gasteiger partial charge in [0, 0.05) is 12.1 Å². The van der Waals surface area contributed by atoms with Crippen molar-refractivity contribution in [1.82, 2.24) is 15.3 Å². The Labute approximate surface area is 130 Å². The fraction of sp³-hybridized carbons (Fsp3) is 0.529. The molecule has 2 N–H and O–H groups in total. The highest BCUT2D eigenvalue weighted by Crippen LogP contribution is 2.30. The topological polar surface area (TPSA) is 59.1 Å². The summed E-state index contributed by atoms with van der Waals surface area (Å²) in [5, 5.41) is 6.95. The van der Waals surface area contributed by atoms with E-state index in [0.717, 1.165) is 23.4 Å².